The van der Waals surface area contributed by atoms with Gasteiger partial charge in [0.1, 0.15) is 0 Å². The number of amides is 1. The van der Waals surface area contributed by atoms with Crippen molar-refractivity contribution in [1.29, 1.82) is 0 Å². The van der Waals surface area contributed by atoms with Crippen molar-refractivity contribution < 1.29 is 4.79 Å². The molecule has 27 heavy (non-hydrogen) atoms. The second-order valence-electron chi connectivity index (χ2n) is 5.70. The lowest BCUT2D eigenvalue weighted by Crippen LogP contribution is -2.37. The number of rotatable bonds is 7. The predicted molar refractivity (Wildman–Crippen MR) is 113 cm³/mol. The molecule has 0 bridgehead atoms. The number of fused-ring (bicyclic) bond motifs is 1. The molecule has 0 aliphatic carbocycles. The number of nitrogens with zero attached hydrogens (tertiary/aromatic N) is 2. The van der Waals surface area contributed by atoms with E-state index in [9.17, 15) is 4.79 Å². The highest BCUT2D eigenvalue weighted by Gasteiger charge is 2.12. The van der Waals surface area contributed by atoms with E-state index in [2.05, 4.69) is 33.9 Å². The van der Waals surface area contributed by atoms with E-state index in [0.29, 0.717) is 15.7 Å². The van der Waals surface area contributed by atoms with Crippen LogP contribution in [0, 0.1) is 0 Å². The summed E-state index contributed by atoms with van der Waals surface area (Å²) in [5, 5.41) is 1.71. The lowest BCUT2D eigenvalue weighted by molar-refractivity contribution is -0.119. The quantitative estimate of drug-likeness (QED) is 0.427. The molecule has 5 nitrogen and oxygen atoms in total. The van der Waals surface area contributed by atoms with Crippen LogP contribution in [0.4, 0.5) is 0 Å². The Morgan fingerprint density at radius 1 is 1.19 bits per heavy atom. The highest BCUT2D eigenvalue weighted by atomic mass is 35.5. The number of aryl methyl sites for hydroxylation is 1. The van der Waals surface area contributed by atoms with E-state index in [1.807, 2.05) is 24.3 Å². The van der Waals surface area contributed by atoms with Crippen LogP contribution in [-0.2, 0) is 11.3 Å². The molecule has 0 aliphatic rings. The smallest absolute Gasteiger partial charge is 0.248 e. The van der Waals surface area contributed by atoms with Crippen LogP contribution >= 0.6 is 35.0 Å². The van der Waals surface area contributed by atoms with Crippen molar-refractivity contribution in [3.63, 3.8) is 0 Å². The Morgan fingerprint density at radius 3 is 2.70 bits per heavy atom. The molecule has 0 unspecified atom stereocenters. The molecule has 8 heteroatoms. The molecule has 1 amide bonds. The lowest BCUT2D eigenvalue weighted by atomic mass is 10.2. The summed E-state index contributed by atoms with van der Waals surface area (Å²) in [4.78, 5) is 16.8. The van der Waals surface area contributed by atoms with Crippen LogP contribution in [-0.4, -0.2) is 21.2 Å². The number of thioether (sulfide) groups is 1. The number of hydrazine groups is 1. The van der Waals surface area contributed by atoms with Crippen molar-refractivity contribution in [1.82, 2.24) is 20.4 Å². The molecule has 1 aromatic heterocycles. The van der Waals surface area contributed by atoms with Crippen LogP contribution in [0.15, 0.2) is 54.2 Å². The summed E-state index contributed by atoms with van der Waals surface area (Å²) in [6, 6.07) is 13.1. The number of halogens is 2. The highest BCUT2D eigenvalue weighted by Crippen LogP contribution is 2.25. The largest absolute Gasteiger partial charge is 0.319 e. The minimum absolute atomic E-state index is 0.184. The van der Waals surface area contributed by atoms with Crippen LogP contribution in [0.25, 0.3) is 16.7 Å². The van der Waals surface area contributed by atoms with E-state index in [1.54, 1.807) is 18.2 Å². The minimum atomic E-state index is -0.184. The number of nitrogens with one attached hydrogen (secondary N) is 2. The van der Waals surface area contributed by atoms with Gasteiger partial charge in [-0.2, -0.15) is 0 Å². The van der Waals surface area contributed by atoms with Crippen molar-refractivity contribution in [2.24, 2.45) is 0 Å². The normalized spacial score (nSPS) is 10.8. The van der Waals surface area contributed by atoms with Gasteiger partial charge in [-0.3, -0.25) is 15.6 Å². The maximum atomic E-state index is 12.2. The Balaban J connectivity index is 1.57. The van der Waals surface area contributed by atoms with Crippen LogP contribution in [0.3, 0.4) is 0 Å². The molecule has 0 saturated carbocycles. The molecule has 0 saturated heterocycles. The molecule has 140 valence electrons. The fraction of sp³-hybridized carbons (Fsp3) is 0.158. The molecule has 2 N–H and O–H groups in total. The zero-order valence-corrected chi connectivity index (χ0v) is 17.0. The number of carbonyl (C=O) groups is 1. The van der Waals surface area contributed by atoms with Gasteiger partial charge >= 0.3 is 0 Å². The van der Waals surface area contributed by atoms with Gasteiger partial charge in [-0.1, -0.05) is 59.7 Å². The van der Waals surface area contributed by atoms with Crippen LogP contribution in [0.5, 0.6) is 0 Å². The third-order valence-corrected chi connectivity index (χ3v) is 5.60. The third kappa shape index (κ3) is 4.58. The van der Waals surface area contributed by atoms with Crippen molar-refractivity contribution in [2.75, 3.05) is 5.75 Å². The average molecular weight is 421 g/mol. The zero-order valence-electron chi connectivity index (χ0n) is 14.6. The number of hydrogen-bond donors (Lipinski definition) is 2. The van der Waals surface area contributed by atoms with E-state index >= 15 is 0 Å². The third-order valence-electron chi connectivity index (χ3n) is 3.89. The van der Waals surface area contributed by atoms with E-state index in [0.717, 1.165) is 28.3 Å². The number of hydrogen-bond acceptors (Lipinski definition) is 4. The van der Waals surface area contributed by atoms with Gasteiger partial charge in [-0.05, 0) is 31.2 Å². The summed E-state index contributed by atoms with van der Waals surface area (Å²) in [5.41, 5.74) is 8.68. The van der Waals surface area contributed by atoms with Gasteiger partial charge in [0.2, 0.25) is 5.91 Å². The standard InChI is InChI=1S/C19H18Cl2N4OS/c1-3-25-17-7-5-4-6-16(17)22-19(25)27-11-18(26)24-23-12(2)13-8-9-14(20)15(21)10-13/h4-10,23H,2-3,11H2,1H3,(H,24,26). The molecule has 1 heterocycles. The Hall–Kier alpha value is -2.15. The average Bonchev–Trinajstić information content (AvgIpc) is 3.04. The molecular formula is C19H18Cl2N4OS. The lowest BCUT2D eigenvalue weighted by Gasteiger charge is -2.12. The molecular weight excluding hydrogens is 403 g/mol. The molecule has 2 aromatic carbocycles. The molecule has 0 radical (unpaired) electrons. The van der Waals surface area contributed by atoms with Gasteiger partial charge in [0.25, 0.3) is 0 Å². The molecule has 0 fully saturated rings. The monoisotopic (exact) mass is 420 g/mol. The second kappa shape index (κ2) is 8.69. The summed E-state index contributed by atoms with van der Waals surface area (Å²) in [6.07, 6.45) is 0. The number of carbonyl (C=O) groups excluding carboxylic acids is 1. The van der Waals surface area contributed by atoms with Crippen LogP contribution in [0.2, 0.25) is 10.0 Å². The molecule has 0 aliphatic heterocycles. The van der Waals surface area contributed by atoms with Gasteiger partial charge in [0.05, 0.1) is 32.5 Å². The van der Waals surface area contributed by atoms with Crippen molar-refractivity contribution >= 4 is 57.6 Å². The number of benzene rings is 2. The number of imidazole rings is 1. The fourth-order valence-corrected chi connectivity index (χ4v) is 3.71. The second-order valence-corrected chi connectivity index (χ2v) is 7.45. The van der Waals surface area contributed by atoms with E-state index in [4.69, 9.17) is 23.2 Å². The molecule has 0 spiro atoms. The first kappa shape index (κ1) is 19.6. The highest BCUT2D eigenvalue weighted by molar-refractivity contribution is 7.99. The zero-order chi connectivity index (χ0) is 19.4. The first-order chi connectivity index (χ1) is 13.0. The summed E-state index contributed by atoms with van der Waals surface area (Å²) in [6.45, 7) is 6.74. The minimum Gasteiger partial charge on any atom is -0.319 e. The van der Waals surface area contributed by atoms with Crippen molar-refractivity contribution in [3.8, 4) is 0 Å². The Kier molecular flexibility index (Phi) is 6.31. The topological polar surface area (TPSA) is 58.9 Å². The Labute approximate surface area is 171 Å². The van der Waals surface area contributed by atoms with Crippen LogP contribution < -0.4 is 10.9 Å². The molecule has 3 aromatic rings. The maximum absolute atomic E-state index is 12.2. The van der Waals surface area contributed by atoms with Gasteiger partial charge in [0, 0.05) is 12.1 Å². The molecule has 0 atom stereocenters. The Morgan fingerprint density at radius 2 is 1.96 bits per heavy atom. The number of aromatic nitrogens is 2. The van der Waals surface area contributed by atoms with E-state index in [1.165, 1.54) is 11.8 Å². The molecule has 3 rings (SSSR count). The van der Waals surface area contributed by atoms with Crippen molar-refractivity contribution in [2.45, 2.75) is 18.6 Å². The van der Waals surface area contributed by atoms with Gasteiger partial charge in [-0.25, -0.2) is 4.98 Å². The van der Waals surface area contributed by atoms with Gasteiger partial charge in [0.15, 0.2) is 5.16 Å². The first-order valence-electron chi connectivity index (χ1n) is 8.27. The Bertz CT molecular complexity index is 1000. The summed E-state index contributed by atoms with van der Waals surface area (Å²) in [5.74, 6) is 0.0428. The van der Waals surface area contributed by atoms with Crippen LogP contribution in [0.1, 0.15) is 12.5 Å². The van der Waals surface area contributed by atoms with E-state index in [-0.39, 0.29) is 11.7 Å². The van der Waals surface area contributed by atoms with E-state index < -0.39 is 0 Å². The SMILES string of the molecule is C=C(NNC(=O)CSc1nc2ccccc2n1CC)c1ccc(Cl)c(Cl)c1. The predicted octanol–water partition coefficient (Wildman–Crippen LogP) is 4.75. The summed E-state index contributed by atoms with van der Waals surface area (Å²) in [7, 11) is 0. The number of para-hydroxylation sites is 2. The first-order valence-corrected chi connectivity index (χ1v) is 10.0. The van der Waals surface area contributed by atoms with Gasteiger partial charge < -0.3 is 4.57 Å². The van der Waals surface area contributed by atoms with Crippen molar-refractivity contribution in [3.05, 3.63) is 64.7 Å². The summed E-state index contributed by atoms with van der Waals surface area (Å²) >= 11 is 13.3. The summed E-state index contributed by atoms with van der Waals surface area (Å²) < 4.78 is 2.09. The fourth-order valence-electron chi connectivity index (χ4n) is 2.54. The maximum Gasteiger partial charge on any atom is 0.248 e. The van der Waals surface area contributed by atoms with Gasteiger partial charge in [-0.15, -0.1) is 0 Å².